The van der Waals surface area contributed by atoms with Crippen LogP contribution in [0.1, 0.15) is 32.1 Å². The number of allylic oxidation sites excluding steroid dienone is 2. The molecule has 0 aromatic carbocycles. The van der Waals surface area contributed by atoms with E-state index in [1.165, 1.54) is 25.7 Å². The van der Waals surface area contributed by atoms with Crippen LogP contribution in [0.15, 0.2) is 24.3 Å². The van der Waals surface area contributed by atoms with Crippen LogP contribution in [-0.4, -0.2) is 11.1 Å². The Kier molecular flexibility index (Phi) is 2.04. The lowest BCUT2D eigenvalue weighted by molar-refractivity contribution is -0.133. The zero-order chi connectivity index (χ0) is 11.3. The van der Waals surface area contributed by atoms with Gasteiger partial charge in [0.25, 0.3) is 0 Å². The molecule has 3 aliphatic rings. The van der Waals surface area contributed by atoms with Crippen LogP contribution in [0.2, 0.25) is 0 Å². The molecule has 2 heteroatoms. The van der Waals surface area contributed by atoms with Gasteiger partial charge in [0.2, 0.25) is 0 Å². The summed E-state index contributed by atoms with van der Waals surface area (Å²) >= 11 is 0. The molecule has 4 atom stereocenters. The quantitative estimate of drug-likeness (QED) is 0.584. The van der Waals surface area contributed by atoms with E-state index in [4.69, 9.17) is 5.11 Å². The van der Waals surface area contributed by atoms with Gasteiger partial charge in [-0.2, -0.15) is 0 Å². The van der Waals surface area contributed by atoms with Crippen molar-refractivity contribution in [2.24, 2.45) is 23.2 Å². The number of fused-ring (bicyclic) bond motifs is 5. The monoisotopic (exact) mass is 218 g/mol. The number of carbonyl (C=O) groups is 1. The van der Waals surface area contributed by atoms with Gasteiger partial charge in [-0.15, -0.1) is 0 Å². The van der Waals surface area contributed by atoms with E-state index in [0.717, 1.165) is 11.8 Å². The predicted octanol–water partition coefficient (Wildman–Crippen LogP) is 3.01. The summed E-state index contributed by atoms with van der Waals surface area (Å²) in [5.41, 5.74) is 0.652. The number of hydrogen-bond donors (Lipinski definition) is 1. The zero-order valence-electron chi connectivity index (χ0n) is 9.48. The first-order valence-electron chi connectivity index (χ1n) is 6.20. The molecule has 0 aromatic heterocycles. The van der Waals surface area contributed by atoms with Gasteiger partial charge >= 0.3 is 5.97 Å². The fourth-order valence-corrected chi connectivity index (χ4v) is 4.46. The van der Waals surface area contributed by atoms with Gasteiger partial charge in [-0.25, -0.2) is 4.79 Å². The van der Waals surface area contributed by atoms with Crippen LogP contribution in [0.5, 0.6) is 0 Å². The molecule has 2 fully saturated rings. The van der Waals surface area contributed by atoms with Crippen molar-refractivity contribution < 1.29 is 9.90 Å². The third-order valence-corrected chi connectivity index (χ3v) is 5.08. The highest BCUT2D eigenvalue weighted by molar-refractivity contribution is 5.85. The number of carboxylic acids is 1. The first-order chi connectivity index (χ1) is 7.62. The molecule has 16 heavy (non-hydrogen) atoms. The second-order valence-electron chi connectivity index (χ2n) is 5.80. The fourth-order valence-electron chi connectivity index (χ4n) is 4.46. The van der Waals surface area contributed by atoms with Crippen LogP contribution in [0.4, 0.5) is 0 Å². The van der Waals surface area contributed by atoms with E-state index in [0.29, 0.717) is 17.9 Å². The molecule has 2 nitrogen and oxygen atoms in total. The molecule has 3 rings (SSSR count). The zero-order valence-corrected chi connectivity index (χ0v) is 9.48. The Labute approximate surface area is 96.0 Å². The van der Waals surface area contributed by atoms with Gasteiger partial charge in [-0.1, -0.05) is 18.7 Å². The molecule has 1 N–H and O–H groups in total. The minimum absolute atomic E-state index is 0.248. The maximum Gasteiger partial charge on any atom is 0.330 e. The molecule has 0 heterocycles. The van der Waals surface area contributed by atoms with Gasteiger partial charge in [0.05, 0.1) is 0 Å². The molecule has 0 saturated heterocycles. The average molecular weight is 218 g/mol. The summed E-state index contributed by atoms with van der Waals surface area (Å²) in [6.07, 6.45) is 10.3. The van der Waals surface area contributed by atoms with Crippen LogP contribution < -0.4 is 0 Å². The predicted molar refractivity (Wildman–Crippen MR) is 61.9 cm³/mol. The standard InChI is InChI=1S/C14H18O2/c1-9(13(15)16)7-14-6-5-10(8-14)11-3-2-4-12(11)14/h2,4,10-12H,1,3,5-8H2,(H,15,16). The van der Waals surface area contributed by atoms with E-state index in [-0.39, 0.29) is 5.41 Å². The van der Waals surface area contributed by atoms with Crippen molar-refractivity contribution in [1.82, 2.24) is 0 Å². The fraction of sp³-hybridized carbons (Fsp3) is 0.643. The lowest BCUT2D eigenvalue weighted by Gasteiger charge is -2.35. The molecule has 2 bridgehead atoms. The molecule has 0 radical (unpaired) electrons. The molecule has 0 spiro atoms. The van der Waals surface area contributed by atoms with E-state index >= 15 is 0 Å². The third-order valence-electron chi connectivity index (χ3n) is 5.08. The topological polar surface area (TPSA) is 37.3 Å². The van der Waals surface area contributed by atoms with Crippen LogP contribution in [-0.2, 0) is 4.79 Å². The molecule has 86 valence electrons. The first-order valence-corrected chi connectivity index (χ1v) is 6.20. The molecule has 2 saturated carbocycles. The number of aliphatic carboxylic acids is 1. The molecular weight excluding hydrogens is 200 g/mol. The summed E-state index contributed by atoms with van der Waals surface area (Å²) in [6, 6.07) is 0. The SMILES string of the molecule is C=C(CC12CCC(C1)C1CC=CC12)C(=O)O. The minimum atomic E-state index is -0.816. The van der Waals surface area contributed by atoms with Crippen LogP contribution in [0.3, 0.4) is 0 Å². The van der Waals surface area contributed by atoms with Crippen molar-refractivity contribution in [1.29, 1.82) is 0 Å². The lowest BCUT2D eigenvalue weighted by atomic mass is 9.69. The molecule has 3 aliphatic carbocycles. The lowest BCUT2D eigenvalue weighted by Crippen LogP contribution is -2.28. The van der Waals surface area contributed by atoms with E-state index in [1.807, 2.05) is 0 Å². The third kappa shape index (κ3) is 1.22. The van der Waals surface area contributed by atoms with Crippen molar-refractivity contribution in [3.63, 3.8) is 0 Å². The van der Waals surface area contributed by atoms with E-state index < -0.39 is 5.97 Å². The Balaban J connectivity index is 1.85. The summed E-state index contributed by atoms with van der Waals surface area (Å²) in [5, 5.41) is 8.99. The Morgan fingerprint density at radius 1 is 1.56 bits per heavy atom. The largest absolute Gasteiger partial charge is 0.478 e. The second kappa shape index (κ2) is 3.22. The first kappa shape index (κ1) is 10.1. The van der Waals surface area contributed by atoms with Crippen molar-refractivity contribution >= 4 is 5.97 Å². The number of rotatable bonds is 3. The Morgan fingerprint density at radius 3 is 3.12 bits per heavy atom. The number of carboxylic acid groups (broad SMARTS) is 1. The summed E-state index contributed by atoms with van der Waals surface area (Å²) in [4.78, 5) is 10.9. The van der Waals surface area contributed by atoms with Crippen molar-refractivity contribution in [3.8, 4) is 0 Å². The van der Waals surface area contributed by atoms with Crippen molar-refractivity contribution in [2.75, 3.05) is 0 Å². The molecule has 4 unspecified atom stereocenters. The molecule has 0 aromatic rings. The highest BCUT2D eigenvalue weighted by Gasteiger charge is 2.57. The van der Waals surface area contributed by atoms with Gasteiger partial charge in [0, 0.05) is 5.57 Å². The van der Waals surface area contributed by atoms with Gasteiger partial charge in [0.1, 0.15) is 0 Å². The molecule has 0 amide bonds. The van der Waals surface area contributed by atoms with Crippen molar-refractivity contribution in [2.45, 2.75) is 32.1 Å². The summed E-state index contributed by atoms with van der Waals surface area (Å²) in [6.45, 7) is 3.72. The van der Waals surface area contributed by atoms with Crippen LogP contribution in [0.25, 0.3) is 0 Å². The maximum atomic E-state index is 10.9. The Bertz CT molecular complexity index is 382. The van der Waals surface area contributed by atoms with Gasteiger partial charge in [0.15, 0.2) is 0 Å². The summed E-state index contributed by atoms with van der Waals surface area (Å²) in [7, 11) is 0. The maximum absolute atomic E-state index is 10.9. The van der Waals surface area contributed by atoms with Crippen molar-refractivity contribution in [3.05, 3.63) is 24.3 Å². The van der Waals surface area contributed by atoms with E-state index in [2.05, 4.69) is 18.7 Å². The van der Waals surface area contributed by atoms with Crippen LogP contribution >= 0.6 is 0 Å². The molecule has 0 aliphatic heterocycles. The average Bonchev–Trinajstić information content (AvgIpc) is 2.87. The van der Waals surface area contributed by atoms with Gasteiger partial charge in [-0.3, -0.25) is 0 Å². The van der Waals surface area contributed by atoms with Gasteiger partial charge in [-0.05, 0) is 55.3 Å². The summed E-state index contributed by atoms with van der Waals surface area (Å²) < 4.78 is 0. The van der Waals surface area contributed by atoms with E-state index in [9.17, 15) is 4.79 Å². The smallest absolute Gasteiger partial charge is 0.330 e. The Hall–Kier alpha value is -1.05. The van der Waals surface area contributed by atoms with Crippen LogP contribution in [0, 0.1) is 23.2 Å². The summed E-state index contributed by atoms with van der Waals surface area (Å²) in [5.74, 6) is 1.49. The number of hydrogen-bond acceptors (Lipinski definition) is 1. The minimum Gasteiger partial charge on any atom is -0.478 e. The second-order valence-corrected chi connectivity index (χ2v) is 5.80. The highest BCUT2D eigenvalue weighted by atomic mass is 16.4. The molecular formula is C14H18O2. The normalized spacial score (nSPS) is 43.6. The van der Waals surface area contributed by atoms with E-state index in [1.54, 1.807) is 0 Å². The van der Waals surface area contributed by atoms with Gasteiger partial charge < -0.3 is 5.11 Å². The highest BCUT2D eigenvalue weighted by Crippen LogP contribution is 2.65. The Morgan fingerprint density at radius 2 is 2.38 bits per heavy atom.